The highest BCUT2D eigenvalue weighted by molar-refractivity contribution is 14.0. The summed E-state index contributed by atoms with van der Waals surface area (Å²) in [7, 11) is 1.66. The van der Waals surface area contributed by atoms with Gasteiger partial charge in [0.2, 0.25) is 5.91 Å². The molecule has 1 amide bonds. The third-order valence-electron chi connectivity index (χ3n) is 4.83. The standard InChI is InChI=1S/C22H36N4O3.HI/c1-4-23-22(25-14-8-16-26-15-7-10-21(26)27)24-13-6-9-18-11-12-19(28-3)20(17-18)29-5-2;/h11-12,17H,4-10,13-16H2,1-3H3,(H2,23,24,25);1H. The number of aryl methyl sites for hydroxylation is 1. The van der Waals surface area contributed by atoms with E-state index in [-0.39, 0.29) is 29.9 Å². The Morgan fingerprint density at radius 2 is 2.03 bits per heavy atom. The van der Waals surface area contributed by atoms with Crippen LogP contribution >= 0.6 is 24.0 Å². The summed E-state index contributed by atoms with van der Waals surface area (Å²) in [5, 5.41) is 6.67. The highest BCUT2D eigenvalue weighted by atomic mass is 127. The second-order valence-corrected chi connectivity index (χ2v) is 7.05. The fourth-order valence-corrected chi connectivity index (χ4v) is 3.38. The number of likely N-dealkylation sites (tertiary alicyclic amines) is 1. The molecule has 0 saturated carbocycles. The summed E-state index contributed by atoms with van der Waals surface area (Å²) in [5.41, 5.74) is 1.23. The number of carbonyl (C=O) groups excluding carboxylic acids is 1. The molecule has 2 N–H and O–H groups in total. The minimum absolute atomic E-state index is 0. The molecule has 1 fully saturated rings. The van der Waals surface area contributed by atoms with Gasteiger partial charge in [-0.2, -0.15) is 0 Å². The van der Waals surface area contributed by atoms with Crippen LogP contribution in [0.3, 0.4) is 0 Å². The number of benzene rings is 1. The van der Waals surface area contributed by atoms with Crippen LogP contribution in [0.15, 0.2) is 23.2 Å². The largest absolute Gasteiger partial charge is 0.493 e. The first-order chi connectivity index (χ1) is 14.2. The maximum Gasteiger partial charge on any atom is 0.222 e. The number of carbonyl (C=O) groups is 1. The molecule has 7 nitrogen and oxygen atoms in total. The Hall–Kier alpha value is -1.71. The van der Waals surface area contributed by atoms with Gasteiger partial charge >= 0.3 is 0 Å². The second kappa shape index (κ2) is 15.1. The Labute approximate surface area is 198 Å². The number of amides is 1. The van der Waals surface area contributed by atoms with Crippen LogP contribution in [0, 0.1) is 0 Å². The third-order valence-corrected chi connectivity index (χ3v) is 4.83. The number of nitrogens with zero attached hydrogens (tertiary/aromatic N) is 2. The molecule has 1 aliphatic heterocycles. The highest BCUT2D eigenvalue weighted by Gasteiger charge is 2.18. The molecule has 0 aromatic heterocycles. The molecular weight excluding hydrogens is 495 g/mol. The van der Waals surface area contributed by atoms with E-state index in [4.69, 9.17) is 9.47 Å². The fourth-order valence-electron chi connectivity index (χ4n) is 3.38. The first kappa shape index (κ1) is 26.3. The van der Waals surface area contributed by atoms with Crippen molar-refractivity contribution < 1.29 is 14.3 Å². The van der Waals surface area contributed by atoms with Crippen molar-refractivity contribution in [3.63, 3.8) is 0 Å². The number of ether oxygens (including phenoxy) is 2. The summed E-state index contributed by atoms with van der Waals surface area (Å²) in [5.74, 6) is 2.69. The monoisotopic (exact) mass is 532 g/mol. The van der Waals surface area contributed by atoms with E-state index >= 15 is 0 Å². The van der Waals surface area contributed by atoms with Crippen LogP contribution in [0.1, 0.15) is 45.1 Å². The van der Waals surface area contributed by atoms with Gasteiger partial charge in [-0.05, 0) is 57.2 Å². The molecule has 0 spiro atoms. The lowest BCUT2D eigenvalue weighted by molar-refractivity contribution is -0.127. The molecule has 0 bridgehead atoms. The summed E-state index contributed by atoms with van der Waals surface area (Å²) < 4.78 is 11.0. The van der Waals surface area contributed by atoms with Crippen molar-refractivity contribution in [2.24, 2.45) is 4.99 Å². The maximum atomic E-state index is 11.6. The Bertz CT molecular complexity index is 670. The zero-order chi connectivity index (χ0) is 20.9. The minimum atomic E-state index is 0. The first-order valence-corrected chi connectivity index (χ1v) is 10.8. The van der Waals surface area contributed by atoms with Gasteiger partial charge in [-0.25, -0.2) is 0 Å². The third kappa shape index (κ3) is 8.97. The fraction of sp³-hybridized carbons (Fsp3) is 0.636. The van der Waals surface area contributed by atoms with Crippen LogP contribution in [0.25, 0.3) is 0 Å². The van der Waals surface area contributed by atoms with Gasteiger partial charge in [0.25, 0.3) is 0 Å². The average Bonchev–Trinajstić information content (AvgIpc) is 3.13. The summed E-state index contributed by atoms with van der Waals surface area (Å²) in [6.07, 6.45) is 4.53. The molecule has 0 atom stereocenters. The average molecular weight is 532 g/mol. The predicted molar refractivity (Wildman–Crippen MR) is 132 cm³/mol. The number of hydrogen-bond donors (Lipinski definition) is 2. The zero-order valence-electron chi connectivity index (χ0n) is 18.5. The number of guanidine groups is 1. The number of rotatable bonds is 12. The van der Waals surface area contributed by atoms with Crippen LogP contribution in [0.5, 0.6) is 11.5 Å². The highest BCUT2D eigenvalue weighted by Crippen LogP contribution is 2.28. The van der Waals surface area contributed by atoms with Crippen molar-refractivity contribution in [2.75, 3.05) is 46.4 Å². The smallest absolute Gasteiger partial charge is 0.222 e. The van der Waals surface area contributed by atoms with Gasteiger partial charge in [0.15, 0.2) is 17.5 Å². The van der Waals surface area contributed by atoms with E-state index in [1.54, 1.807) is 7.11 Å². The SMILES string of the molecule is CCNC(=NCCCN1CCCC1=O)NCCCc1ccc(OC)c(OCC)c1.I. The topological polar surface area (TPSA) is 75.2 Å². The predicted octanol–water partition coefficient (Wildman–Crippen LogP) is 3.21. The summed E-state index contributed by atoms with van der Waals surface area (Å²) in [6, 6.07) is 6.10. The molecule has 1 aromatic rings. The van der Waals surface area contributed by atoms with Gasteiger partial charge in [-0.3, -0.25) is 9.79 Å². The van der Waals surface area contributed by atoms with Crippen LogP contribution < -0.4 is 20.1 Å². The molecular formula is C22H37IN4O3. The van der Waals surface area contributed by atoms with E-state index in [2.05, 4.69) is 34.7 Å². The van der Waals surface area contributed by atoms with Crippen LogP contribution in [-0.2, 0) is 11.2 Å². The zero-order valence-corrected chi connectivity index (χ0v) is 20.9. The number of methoxy groups -OCH3 is 1. The molecule has 0 unspecified atom stereocenters. The normalized spacial score (nSPS) is 13.8. The molecule has 2 rings (SSSR count). The van der Waals surface area contributed by atoms with E-state index in [0.29, 0.717) is 13.0 Å². The second-order valence-electron chi connectivity index (χ2n) is 7.05. The van der Waals surface area contributed by atoms with E-state index in [9.17, 15) is 4.79 Å². The van der Waals surface area contributed by atoms with Gasteiger partial charge in [0.05, 0.1) is 13.7 Å². The molecule has 0 aliphatic carbocycles. The van der Waals surface area contributed by atoms with Gasteiger partial charge in [0, 0.05) is 39.1 Å². The lowest BCUT2D eigenvalue weighted by Gasteiger charge is -2.15. The van der Waals surface area contributed by atoms with Gasteiger partial charge < -0.3 is 25.0 Å². The molecule has 170 valence electrons. The first-order valence-electron chi connectivity index (χ1n) is 10.8. The van der Waals surface area contributed by atoms with Gasteiger partial charge in [0.1, 0.15) is 0 Å². The minimum Gasteiger partial charge on any atom is -0.493 e. The Morgan fingerprint density at radius 1 is 1.20 bits per heavy atom. The number of nitrogens with one attached hydrogen (secondary N) is 2. The van der Waals surface area contributed by atoms with E-state index in [1.165, 1.54) is 5.56 Å². The lowest BCUT2D eigenvalue weighted by Crippen LogP contribution is -2.38. The molecule has 0 radical (unpaired) electrons. The van der Waals surface area contributed by atoms with Crippen LogP contribution in [0.4, 0.5) is 0 Å². The van der Waals surface area contributed by atoms with Crippen molar-refractivity contribution in [3.8, 4) is 11.5 Å². The van der Waals surface area contributed by atoms with Crippen molar-refractivity contribution in [1.82, 2.24) is 15.5 Å². The molecule has 1 aromatic carbocycles. The molecule has 8 heteroatoms. The summed E-state index contributed by atoms with van der Waals surface area (Å²) in [4.78, 5) is 18.2. The summed E-state index contributed by atoms with van der Waals surface area (Å²) >= 11 is 0. The van der Waals surface area contributed by atoms with Crippen LogP contribution in [0.2, 0.25) is 0 Å². The Morgan fingerprint density at radius 3 is 2.70 bits per heavy atom. The number of hydrogen-bond acceptors (Lipinski definition) is 4. The van der Waals surface area contributed by atoms with E-state index < -0.39 is 0 Å². The van der Waals surface area contributed by atoms with Crippen molar-refractivity contribution in [1.29, 1.82) is 0 Å². The Kier molecular flexibility index (Phi) is 13.3. The Balaban J connectivity index is 0.00000450. The molecule has 1 saturated heterocycles. The number of halogens is 1. The lowest BCUT2D eigenvalue weighted by atomic mass is 10.1. The maximum absolute atomic E-state index is 11.6. The summed E-state index contributed by atoms with van der Waals surface area (Å²) in [6.45, 7) is 8.75. The molecule has 1 aliphatic rings. The van der Waals surface area contributed by atoms with Crippen molar-refractivity contribution >= 4 is 35.8 Å². The quantitative estimate of drug-likeness (QED) is 0.187. The van der Waals surface area contributed by atoms with Gasteiger partial charge in [-0.1, -0.05) is 6.07 Å². The van der Waals surface area contributed by atoms with Gasteiger partial charge in [-0.15, -0.1) is 24.0 Å². The molecule has 30 heavy (non-hydrogen) atoms. The van der Waals surface area contributed by atoms with Crippen LogP contribution in [-0.4, -0.2) is 63.2 Å². The van der Waals surface area contributed by atoms with E-state index in [0.717, 1.165) is 75.9 Å². The van der Waals surface area contributed by atoms with Crippen molar-refractivity contribution in [2.45, 2.75) is 46.0 Å². The molecule has 1 heterocycles. The van der Waals surface area contributed by atoms with Crippen molar-refractivity contribution in [3.05, 3.63) is 23.8 Å². The number of aliphatic imine (C=N–C) groups is 1. The van der Waals surface area contributed by atoms with E-state index in [1.807, 2.05) is 17.9 Å².